The lowest BCUT2D eigenvalue weighted by molar-refractivity contribution is 0.456. The van der Waals surface area contributed by atoms with E-state index in [2.05, 4.69) is 10.3 Å². The monoisotopic (exact) mass is 276 g/mol. The SMILES string of the molecule is CCNCc1nc(Oc2ccccc2C)ccc1Cl. The van der Waals surface area contributed by atoms with Crippen LogP contribution in [0.3, 0.4) is 0 Å². The van der Waals surface area contributed by atoms with Crippen LogP contribution in [0.15, 0.2) is 36.4 Å². The molecule has 0 unspecified atom stereocenters. The Morgan fingerprint density at radius 3 is 2.74 bits per heavy atom. The van der Waals surface area contributed by atoms with E-state index in [1.807, 2.05) is 44.2 Å². The highest BCUT2D eigenvalue weighted by Crippen LogP contribution is 2.25. The van der Waals surface area contributed by atoms with Crippen molar-refractivity contribution in [2.75, 3.05) is 6.54 Å². The Bertz CT molecular complexity index is 558. The second kappa shape index (κ2) is 6.55. The lowest BCUT2D eigenvalue weighted by Gasteiger charge is -2.10. The predicted molar refractivity (Wildman–Crippen MR) is 77.9 cm³/mol. The van der Waals surface area contributed by atoms with Crippen LogP contribution < -0.4 is 10.1 Å². The van der Waals surface area contributed by atoms with Crippen LogP contribution in [-0.2, 0) is 6.54 Å². The van der Waals surface area contributed by atoms with Crippen LogP contribution in [0.4, 0.5) is 0 Å². The first-order valence-corrected chi connectivity index (χ1v) is 6.68. The lowest BCUT2D eigenvalue weighted by Crippen LogP contribution is -2.13. The van der Waals surface area contributed by atoms with E-state index in [0.29, 0.717) is 17.4 Å². The van der Waals surface area contributed by atoms with Crippen LogP contribution in [-0.4, -0.2) is 11.5 Å². The highest BCUT2D eigenvalue weighted by molar-refractivity contribution is 6.31. The quantitative estimate of drug-likeness (QED) is 0.898. The summed E-state index contributed by atoms with van der Waals surface area (Å²) in [5.74, 6) is 1.37. The summed E-state index contributed by atoms with van der Waals surface area (Å²) in [7, 11) is 0. The van der Waals surface area contributed by atoms with Crippen molar-refractivity contribution < 1.29 is 4.74 Å². The van der Waals surface area contributed by atoms with Gasteiger partial charge >= 0.3 is 0 Å². The number of aryl methyl sites for hydroxylation is 1. The Balaban J connectivity index is 2.19. The van der Waals surface area contributed by atoms with Gasteiger partial charge in [0.1, 0.15) is 5.75 Å². The van der Waals surface area contributed by atoms with Gasteiger partial charge in [-0.05, 0) is 31.2 Å². The Kier molecular flexibility index (Phi) is 4.77. The van der Waals surface area contributed by atoms with Gasteiger partial charge in [-0.25, -0.2) is 4.98 Å². The van der Waals surface area contributed by atoms with Gasteiger partial charge < -0.3 is 10.1 Å². The molecule has 0 aliphatic heterocycles. The van der Waals surface area contributed by atoms with Crippen molar-refractivity contribution in [1.82, 2.24) is 10.3 Å². The fourth-order valence-corrected chi connectivity index (χ4v) is 1.84. The summed E-state index contributed by atoms with van der Waals surface area (Å²) in [4.78, 5) is 4.43. The van der Waals surface area contributed by atoms with E-state index < -0.39 is 0 Å². The van der Waals surface area contributed by atoms with Crippen molar-refractivity contribution in [2.24, 2.45) is 0 Å². The van der Waals surface area contributed by atoms with Crippen LogP contribution >= 0.6 is 11.6 Å². The third-order valence-corrected chi connectivity index (χ3v) is 3.09. The second-order valence-electron chi connectivity index (χ2n) is 4.23. The van der Waals surface area contributed by atoms with Crippen molar-refractivity contribution in [3.8, 4) is 11.6 Å². The van der Waals surface area contributed by atoms with Gasteiger partial charge in [0.2, 0.25) is 5.88 Å². The molecule has 2 aromatic rings. The standard InChI is InChI=1S/C15H17ClN2O/c1-3-17-10-13-12(16)8-9-15(18-13)19-14-7-5-4-6-11(14)2/h4-9,17H,3,10H2,1-2H3. The number of rotatable bonds is 5. The molecule has 0 amide bonds. The molecule has 19 heavy (non-hydrogen) atoms. The number of nitrogens with zero attached hydrogens (tertiary/aromatic N) is 1. The smallest absolute Gasteiger partial charge is 0.219 e. The zero-order valence-electron chi connectivity index (χ0n) is 11.1. The first kappa shape index (κ1) is 13.8. The molecular weight excluding hydrogens is 260 g/mol. The Labute approximate surface area is 118 Å². The largest absolute Gasteiger partial charge is 0.439 e. The van der Waals surface area contributed by atoms with Crippen molar-refractivity contribution in [3.63, 3.8) is 0 Å². The van der Waals surface area contributed by atoms with Gasteiger partial charge in [-0.2, -0.15) is 0 Å². The average Bonchev–Trinajstić information content (AvgIpc) is 2.42. The molecule has 3 nitrogen and oxygen atoms in total. The molecule has 0 bridgehead atoms. The Morgan fingerprint density at radius 1 is 1.21 bits per heavy atom. The minimum atomic E-state index is 0.562. The average molecular weight is 277 g/mol. The topological polar surface area (TPSA) is 34.2 Å². The maximum atomic E-state index is 6.11. The van der Waals surface area contributed by atoms with Crippen LogP contribution in [0, 0.1) is 6.92 Å². The molecule has 4 heteroatoms. The third kappa shape index (κ3) is 3.69. The highest BCUT2D eigenvalue weighted by Gasteiger charge is 2.06. The van der Waals surface area contributed by atoms with Crippen LogP contribution in [0.1, 0.15) is 18.2 Å². The molecule has 2 rings (SSSR count). The summed E-state index contributed by atoms with van der Waals surface area (Å²) in [5, 5.41) is 3.86. The first-order chi connectivity index (χ1) is 9.20. The van der Waals surface area contributed by atoms with Crippen LogP contribution in [0.5, 0.6) is 11.6 Å². The highest BCUT2D eigenvalue weighted by atomic mass is 35.5. The molecule has 0 aliphatic rings. The van der Waals surface area contributed by atoms with Gasteiger partial charge in [0, 0.05) is 12.6 Å². The fourth-order valence-electron chi connectivity index (χ4n) is 1.67. The normalized spacial score (nSPS) is 10.5. The maximum absolute atomic E-state index is 6.11. The number of aromatic nitrogens is 1. The minimum Gasteiger partial charge on any atom is -0.439 e. The lowest BCUT2D eigenvalue weighted by atomic mass is 10.2. The third-order valence-electron chi connectivity index (χ3n) is 2.74. The Morgan fingerprint density at radius 2 is 2.00 bits per heavy atom. The maximum Gasteiger partial charge on any atom is 0.219 e. The fraction of sp³-hybridized carbons (Fsp3) is 0.267. The van der Waals surface area contributed by atoms with E-state index in [1.165, 1.54) is 0 Å². The van der Waals surface area contributed by atoms with Crippen molar-refractivity contribution in [1.29, 1.82) is 0 Å². The number of pyridine rings is 1. The molecule has 1 heterocycles. The molecule has 0 spiro atoms. The number of nitrogens with one attached hydrogen (secondary N) is 1. The number of hydrogen-bond donors (Lipinski definition) is 1. The Hall–Kier alpha value is -1.58. The first-order valence-electron chi connectivity index (χ1n) is 6.30. The summed E-state index contributed by atoms with van der Waals surface area (Å²) in [5.41, 5.74) is 1.88. The predicted octanol–water partition coefficient (Wildman–Crippen LogP) is 3.95. The number of halogens is 1. The van der Waals surface area contributed by atoms with Crippen molar-refractivity contribution >= 4 is 11.6 Å². The van der Waals surface area contributed by atoms with Gasteiger partial charge in [0.05, 0.1) is 10.7 Å². The van der Waals surface area contributed by atoms with Crippen LogP contribution in [0.25, 0.3) is 0 Å². The van der Waals surface area contributed by atoms with E-state index in [1.54, 1.807) is 6.07 Å². The van der Waals surface area contributed by atoms with Gasteiger partial charge in [-0.15, -0.1) is 0 Å². The molecular formula is C15H17ClN2O. The summed E-state index contributed by atoms with van der Waals surface area (Å²) in [6.07, 6.45) is 0. The molecule has 100 valence electrons. The van der Waals surface area contributed by atoms with Gasteiger partial charge in [-0.3, -0.25) is 0 Å². The number of ether oxygens (including phenoxy) is 1. The number of benzene rings is 1. The molecule has 0 radical (unpaired) electrons. The van der Waals surface area contributed by atoms with Gasteiger partial charge in [0.15, 0.2) is 0 Å². The minimum absolute atomic E-state index is 0.562. The molecule has 1 aromatic carbocycles. The zero-order valence-corrected chi connectivity index (χ0v) is 11.9. The molecule has 0 atom stereocenters. The van der Waals surface area contributed by atoms with Crippen LogP contribution in [0.2, 0.25) is 5.02 Å². The van der Waals surface area contributed by atoms with E-state index in [0.717, 1.165) is 23.6 Å². The zero-order chi connectivity index (χ0) is 13.7. The number of hydrogen-bond acceptors (Lipinski definition) is 3. The van der Waals surface area contributed by atoms with Gasteiger partial charge in [-0.1, -0.05) is 36.7 Å². The van der Waals surface area contributed by atoms with E-state index in [-0.39, 0.29) is 0 Å². The summed E-state index contributed by atoms with van der Waals surface area (Å²) < 4.78 is 5.79. The molecule has 0 fully saturated rings. The molecule has 1 N–H and O–H groups in total. The summed E-state index contributed by atoms with van der Waals surface area (Å²) in [6, 6.07) is 11.4. The van der Waals surface area contributed by atoms with Gasteiger partial charge in [0.25, 0.3) is 0 Å². The molecule has 0 aliphatic carbocycles. The molecule has 0 saturated carbocycles. The summed E-state index contributed by atoms with van der Waals surface area (Å²) >= 11 is 6.11. The molecule has 0 saturated heterocycles. The number of para-hydroxylation sites is 1. The van der Waals surface area contributed by atoms with Crippen molar-refractivity contribution in [3.05, 3.63) is 52.7 Å². The molecule has 1 aromatic heterocycles. The second-order valence-corrected chi connectivity index (χ2v) is 4.63. The van der Waals surface area contributed by atoms with E-state index in [4.69, 9.17) is 16.3 Å². The summed E-state index contributed by atoms with van der Waals surface area (Å²) in [6.45, 7) is 5.56. The van der Waals surface area contributed by atoms with Crippen molar-refractivity contribution in [2.45, 2.75) is 20.4 Å². The van der Waals surface area contributed by atoms with E-state index >= 15 is 0 Å². The van der Waals surface area contributed by atoms with E-state index in [9.17, 15) is 0 Å².